The maximum atomic E-state index is 11.0. The highest BCUT2D eigenvalue weighted by atomic mass is 28.4. The lowest BCUT2D eigenvalue weighted by Gasteiger charge is -2.36. The van der Waals surface area contributed by atoms with Crippen LogP contribution in [0.4, 0.5) is 0 Å². The molecule has 0 atom stereocenters. The molecule has 0 radical (unpaired) electrons. The molecule has 0 aromatic heterocycles. The van der Waals surface area contributed by atoms with Crippen molar-refractivity contribution in [1.29, 1.82) is 5.26 Å². The van der Waals surface area contributed by atoms with Crippen molar-refractivity contribution < 1.29 is 14.3 Å². The number of hydrogen-bond donors (Lipinski definition) is 1. The average Bonchev–Trinajstić information content (AvgIpc) is 2.39. The number of nitriles is 1. The highest BCUT2D eigenvalue weighted by molar-refractivity contribution is 6.74. The fourth-order valence-corrected chi connectivity index (χ4v) is 2.64. The van der Waals surface area contributed by atoms with Crippen LogP contribution in [0.1, 0.15) is 33.3 Å². The number of aliphatic carboxylic acids is 1. The molecule has 22 heavy (non-hydrogen) atoms. The van der Waals surface area contributed by atoms with Gasteiger partial charge in [0.25, 0.3) is 0 Å². The van der Waals surface area contributed by atoms with Crippen molar-refractivity contribution in [1.82, 2.24) is 0 Å². The van der Waals surface area contributed by atoms with E-state index in [9.17, 15) is 4.79 Å². The fraction of sp³-hybridized carbons (Fsp3) is 0.412. The minimum absolute atomic E-state index is 0.0422. The molecular weight excluding hydrogens is 294 g/mol. The highest BCUT2D eigenvalue weighted by Crippen LogP contribution is 2.37. The SMILES string of the molecule is CC(C(=O)O)=C(C#N)c1ccc(O[Si](C)(C)C(C)(C)C)cc1. The molecule has 0 amide bonds. The van der Waals surface area contributed by atoms with Crippen LogP contribution in [0.2, 0.25) is 18.1 Å². The predicted octanol–water partition coefficient (Wildman–Crippen LogP) is 4.45. The summed E-state index contributed by atoms with van der Waals surface area (Å²) in [4.78, 5) is 11.0. The molecule has 4 nitrogen and oxygen atoms in total. The van der Waals surface area contributed by atoms with Gasteiger partial charge in [0, 0.05) is 0 Å². The second kappa shape index (κ2) is 6.37. The first-order valence-corrected chi connectivity index (χ1v) is 10.0. The van der Waals surface area contributed by atoms with Crippen molar-refractivity contribution in [2.24, 2.45) is 0 Å². The average molecular weight is 317 g/mol. The summed E-state index contributed by atoms with van der Waals surface area (Å²) in [5.41, 5.74) is 0.803. The number of allylic oxidation sites excluding steroid dienone is 1. The Morgan fingerprint density at radius 1 is 1.23 bits per heavy atom. The van der Waals surface area contributed by atoms with E-state index in [0.29, 0.717) is 5.56 Å². The Bertz CT molecular complexity index is 631. The number of carboxylic acid groups (broad SMARTS) is 1. The van der Waals surface area contributed by atoms with E-state index >= 15 is 0 Å². The molecule has 0 bridgehead atoms. The Kier molecular flexibility index (Phi) is 5.20. The molecule has 1 rings (SSSR count). The summed E-state index contributed by atoms with van der Waals surface area (Å²) >= 11 is 0. The molecule has 0 aliphatic heterocycles. The van der Waals surface area contributed by atoms with Gasteiger partial charge in [-0.2, -0.15) is 5.26 Å². The molecule has 0 aliphatic carbocycles. The normalized spacial score (nSPS) is 13.1. The van der Waals surface area contributed by atoms with Crippen LogP contribution < -0.4 is 4.43 Å². The molecule has 0 spiro atoms. The molecule has 1 aromatic carbocycles. The number of carboxylic acids is 1. The molecule has 0 aliphatic rings. The van der Waals surface area contributed by atoms with Crippen LogP contribution in [0.3, 0.4) is 0 Å². The van der Waals surface area contributed by atoms with Gasteiger partial charge < -0.3 is 9.53 Å². The molecule has 0 saturated carbocycles. The Balaban J connectivity index is 3.10. The van der Waals surface area contributed by atoms with E-state index in [0.717, 1.165) is 5.75 Å². The molecule has 0 unspecified atom stereocenters. The van der Waals surface area contributed by atoms with Crippen LogP contribution in [0.25, 0.3) is 5.57 Å². The second-order valence-corrected chi connectivity index (χ2v) is 11.5. The molecule has 5 heteroatoms. The van der Waals surface area contributed by atoms with Gasteiger partial charge in [0.1, 0.15) is 11.8 Å². The van der Waals surface area contributed by atoms with Crippen molar-refractivity contribution >= 4 is 19.9 Å². The maximum absolute atomic E-state index is 11.0. The van der Waals surface area contributed by atoms with Gasteiger partial charge in [-0.15, -0.1) is 0 Å². The Hall–Kier alpha value is -2.06. The minimum atomic E-state index is -1.91. The first-order valence-electron chi connectivity index (χ1n) is 7.13. The lowest BCUT2D eigenvalue weighted by atomic mass is 10.0. The zero-order chi connectivity index (χ0) is 17.1. The summed E-state index contributed by atoms with van der Waals surface area (Å²) in [6, 6.07) is 9.01. The molecule has 0 heterocycles. The predicted molar refractivity (Wildman–Crippen MR) is 90.1 cm³/mol. The third-order valence-corrected chi connectivity index (χ3v) is 8.49. The molecule has 1 aromatic rings. The number of carbonyl (C=O) groups is 1. The maximum Gasteiger partial charge on any atom is 0.332 e. The second-order valence-electron chi connectivity index (χ2n) is 6.80. The highest BCUT2D eigenvalue weighted by Gasteiger charge is 2.38. The van der Waals surface area contributed by atoms with E-state index in [1.54, 1.807) is 24.3 Å². The van der Waals surface area contributed by atoms with Gasteiger partial charge in [-0.3, -0.25) is 0 Å². The summed E-state index contributed by atoms with van der Waals surface area (Å²) < 4.78 is 6.17. The molecular formula is C17H23NO3Si. The lowest BCUT2D eigenvalue weighted by molar-refractivity contribution is -0.132. The smallest absolute Gasteiger partial charge is 0.332 e. The van der Waals surface area contributed by atoms with Crippen molar-refractivity contribution in [3.05, 3.63) is 35.4 Å². The van der Waals surface area contributed by atoms with Crippen LogP contribution in [0, 0.1) is 11.3 Å². The van der Waals surface area contributed by atoms with Gasteiger partial charge in [-0.25, -0.2) is 4.79 Å². The quantitative estimate of drug-likeness (QED) is 0.506. The van der Waals surface area contributed by atoms with E-state index in [1.165, 1.54) is 6.92 Å². The van der Waals surface area contributed by atoms with Gasteiger partial charge in [0.15, 0.2) is 0 Å². The zero-order valence-corrected chi connectivity index (χ0v) is 15.0. The van der Waals surface area contributed by atoms with Crippen LogP contribution in [0.5, 0.6) is 5.75 Å². The number of rotatable bonds is 4. The summed E-state index contributed by atoms with van der Waals surface area (Å²) in [7, 11) is -1.91. The van der Waals surface area contributed by atoms with Gasteiger partial charge in [0.05, 0.1) is 11.1 Å². The summed E-state index contributed by atoms with van der Waals surface area (Å²) in [5, 5.41) is 18.3. The van der Waals surface area contributed by atoms with Gasteiger partial charge >= 0.3 is 5.97 Å². The van der Waals surface area contributed by atoms with Crippen LogP contribution in [-0.4, -0.2) is 19.4 Å². The standard InChI is InChI=1S/C17H23NO3Si/c1-12(16(19)20)15(11-18)13-7-9-14(10-8-13)21-22(5,6)17(2,3)4/h7-10H,1-6H3,(H,19,20). The van der Waals surface area contributed by atoms with Gasteiger partial charge in [-0.05, 0) is 42.8 Å². The minimum Gasteiger partial charge on any atom is -0.544 e. The number of hydrogen-bond acceptors (Lipinski definition) is 3. The molecule has 0 saturated heterocycles. The van der Waals surface area contributed by atoms with E-state index < -0.39 is 14.3 Å². The van der Waals surface area contributed by atoms with E-state index in [4.69, 9.17) is 14.8 Å². The Morgan fingerprint density at radius 2 is 1.73 bits per heavy atom. The van der Waals surface area contributed by atoms with Gasteiger partial charge in [0.2, 0.25) is 8.32 Å². The van der Waals surface area contributed by atoms with Gasteiger partial charge in [-0.1, -0.05) is 32.9 Å². The molecule has 1 N–H and O–H groups in total. The van der Waals surface area contributed by atoms with Crippen LogP contribution >= 0.6 is 0 Å². The van der Waals surface area contributed by atoms with Crippen molar-refractivity contribution in [3.8, 4) is 11.8 Å². The number of nitrogens with zero attached hydrogens (tertiary/aromatic N) is 1. The van der Waals surface area contributed by atoms with E-state index in [2.05, 4.69) is 33.9 Å². The van der Waals surface area contributed by atoms with E-state index in [1.807, 2.05) is 6.07 Å². The van der Waals surface area contributed by atoms with Crippen molar-refractivity contribution in [2.45, 2.75) is 45.8 Å². The topological polar surface area (TPSA) is 70.3 Å². The van der Waals surface area contributed by atoms with E-state index in [-0.39, 0.29) is 16.2 Å². The molecule has 118 valence electrons. The van der Waals surface area contributed by atoms with Crippen LogP contribution in [0.15, 0.2) is 29.8 Å². The van der Waals surface area contributed by atoms with Crippen molar-refractivity contribution in [3.63, 3.8) is 0 Å². The third kappa shape index (κ3) is 3.98. The summed E-state index contributed by atoms with van der Waals surface area (Å²) in [5.74, 6) is -0.334. The third-order valence-electron chi connectivity index (χ3n) is 4.13. The Labute approximate surface area is 133 Å². The van der Waals surface area contributed by atoms with Crippen molar-refractivity contribution in [2.75, 3.05) is 0 Å². The summed E-state index contributed by atoms with van der Waals surface area (Å²) in [6.45, 7) is 12.3. The lowest BCUT2D eigenvalue weighted by Crippen LogP contribution is -2.43. The largest absolute Gasteiger partial charge is 0.544 e. The number of benzene rings is 1. The first kappa shape index (κ1) is 18.0. The first-order chi connectivity index (χ1) is 9.99. The monoisotopic (exact) mass is 317 g/mol. The van der Waals surface area contributed by atoms with Crippen LogP contribution in [-0.2, 0) is 4.79 Å². The Morgan fingerprint density at radius 3 is 2.09 bits per heavy atom. The summed E-state index contributed by atoms with van der Waals surface area (Å²) in [6.07, 6.45) is 0. The zero-order valence-electron chi connectivity index (χ0n) is 14.0. The fourth-order valence-electron chi connectivity index (χ4n) is 1.61. The molecule has 0 fully saturated rings.